The van der Waals surface area contributed by atoms with Crippen LogP contribution in [0.4, 0.5) is 0 Å². The molecule has 0 amide bonds. The van der Waals surface area contributed by atoms with Gasteiger partial charge in [0.2, 0.25) is 0 Å². The van der Waals surface area contributed by atoms with Gasteiger partial charge >= 0.3 is 0 Å². The van der Waals surface area contributed by atoms with Crippen LogP contribution in [-0.2, 0) is 0 Å². The molecule has 3 heteroatoms. The van der Waals surface area contributed by atoms with Gasteiger partial charge in [-0.1, -0.05) is 27.7 Å². The molecule has 2 nitrogen and oxygen atoms in total. The molecule has 0 heterocycles. The molecule has 0 saturated heterocycles. The third-order valence-electron chi connectivity index (χ3n) is 2.11. The Labute approximate surface area is 159 Å². The van der Waals surface area contributed by atoms with E-state index in [1.54, 1.807) is 0 Å². The van der Waals surface area contributed by atoms with E-state index in [1.807, 2.05) is 64.2 Å². The number of nitrogens with one attached hydrogen (secondary N) is 2. The van der Waals surface area contributed by atoms with E-state index in [1.165, 1.54) is 0 Å². The summed E-state index contributed by atoms with van der Waals surface area (Å²) in [4.78, 5) is 0. The molecule has 118 valence electrons. The number of hydrogen-bond donors (Lipinski definition) is 2. The molecule has 0 unspecified atom stereocenters. The van der Waals surface area contributed by atoms with E-state index in [2.05, 4.69) is 38.3 Å². The van der Waals surface area contributed by atoms with Crippen LogP contribution >= 0.6 is 0 Å². The van der Waals surface area contributed by atoms with E-state index in [0.29, 0.717) is 0 Å². The quantitative estimate of drug-likeness (QED) is 0.602. The van der Waals surface area contributed by atoms with Gasteiger partial charge in [0.1, 0.15) is 0 Å². The Hall–Kier alpha value is 0.972. The molecule has 0 aliphatic heterocycles. The molecule has 2 saturated carbocycles. The van der Waals surface area contributed by atoms with Crippen LogP contribution in [0.15, 0.2) is 0 Å². The van der Waals surface area contributed by atoms with Gasteiger partial charge in [0.25, 0.3) is 0 Å². The Morgan fingerprint density at radius 2 is 0.571 bits per heavy atom. The Morgan fingerprint density at radius 3 is 0.619 bits per heavy atom. The SMILES string of the molecule is CCNCC.CCNCC.[CH]1[CH][CH][CH][CH]1.[CH]1[CH][CH][CH][CH]1.[U]. The molecule has 0 spiro atoms. The fourth-order valence-corrected chi connectivity index (χ4v) is 1.14. The molecule has 2 aliphatic carbocycles. The first-order valence-electron chi connectivity index (χ1n) is 7.58. The van der Waals surface area contributed by atoms with E-state index in [-0.39, 0.29) is 31.1 Å². The minimum atomic E-state index is 0. The van der Waals surface area contributed by atoms with E-state index in [9.17, 15) is 0 Å². The van der Waals surface area contributed by atoms with Gasteiger partial charge in [-0.25, -0.2) is 0 Å². The third-order valence-corrected chi connectivity index (χ3v) is 2.11. The van der Waals surface area contributed by atoms with Crippen LogP contribution in [0.2, 0.25) is 0 Å². The molecule has 0 aromatic heterocycles. The van der Waals surface area contributed by atoms with Crippen LogP contribution in [0.3, 0.4) is 0 Å². The van der Waals surface area contributed by atoms with Crippen LogP contribution in [0.25, 0.3) is 0 Å². The van der Waals surface area contributed by atoms with Gasteiger partial charge in [-0.2, -0.15) is 0 Å². The van der Waals surface area contributed by atoms with Crippen molar-refractivity contribution in [3.05, 3.63) is 64.2 Å². The molecule has 2 fully saturated rings. The van der Waals surface area contributed by atoms with Gasteiger partial charge in [-0.05, 0) is 90.4 Å². The van der Waals surface area contributed by atoms with Crippen LogP contribution in [0, 0.1) is 95.3 Å². The van der Waals surface area contributed by atoms with Crippen LogP contribution in [0.1, 0.15) is 27.7 Å². The van der Waals surface area contributed by atoms with E-state index >= 15 is 0 Å². The predicted octanol–water partition coefficient (Wildman–Crippen LogP) is 3.27. The largest absolute Gasteiger partial charge is 0.317 e. The van der Waals surface area contributed by atoms with Crippen molar-refractivity contribution in [3.63, 3.8) is 0 Å². The molecule has 0 atom stereocenters. The second-order valence-electron chi connectivity index (χ2n) is 3.84. The fraction of sp³-hybridized carbons (Fsp3) is 0.444. The summed E-state index contributed by atoms with van der Waals surface area (Å²) in [5.41, 5.74) is 0. The molecule has 2 N–H and O–H groups in total. The van der Waals surface area contributed by atoms with Gasteiger partial charge < -0.3 is 10.6 Å². The van der Waals surface area contributed by atoms with Crippen LogP contribution < -0.4 is 10.6 Å². The fourth-order valence-electron chi connectivity index (χ4n) is 1.14. The Morgan fingerprint density at radius 1 is 0.429 bits per heavy atom. The Balaban J connectivity index is -0.000000202. The molecule has 0 bridgehead atoms. The van der Waals surface area contributed by atoms with Crippen molar-refractivity contribution in [2.45, 2.75) is 27.7 Å². The smallest absolute Gasteiger partial charge is 0 e. The topological polar surface area (TPSA) is 24.1 Å². The second kappa shape index (κ2) is 29.0. The maximum Gasteiger partial charge on any atom is 0 e. The van der Waals surface area contributed by atoms with Crippen molar-refractivity contribution in [1.29, 1.82) is 0 Å². The van der Waals surface area contributed by atoms with Gasteiger partial charge in [-0.3, -0.25) is 0 Å². The van der Waals surface area contributed by atoms with Gasteiger partial charge in [0, 0.05) is 31.1 Å². The zero-order valence-electron chi connectivity index (χ0n) is 14.1. The summed E-state index contributed by atoms with van der Waals surface area (Å²) in [5, 5.41) is 6.22. The molecule has 21 heavy (non-hydrogen) atoms. The number of rotatable bonds is 4. The van der Waals surface area contributed by atoms with Gasteiger partial charge in [0.05, 0.1) is 0 Å². The summed E-state index contributed by atoms with van der Waals surface area (Å²) in [7, 11) is 0. The maximum atomic E-state index is 3.11. The van der Waals surface area contributed by atoms with Crippen molar-refractivity contribution in [2.75, 3.05) is 26.2 Å². The first kappa shape index (κ1) is 26.8. The molecule has 10 radical (unpaired) electrons. The van der Waals surface area contributed by atoms with Crippen LogP contribution in [0.5, 0.6) is 0 Å². The Kier molecular flexibility index (Phi) is 37.1. The van der Waals surface area contributed by atoms with Gasteiger partial charge in [-0.15, -0.1) is 0 Å². The van der Waals surface area contributed by atoms with E-state index < -0.39 is 0 Å². The maximum absolute atomic E-state index is 3.11. The average Bonchev–Trinajstić information content (AvgIpc) is 3.20. The first-order chi connectivity index (χ1) is 9.83. The average molecular weight is 514 g/mol. The zero-order chi connectivity index (χ0) is 15.3. The minimum Gasteiger partial charge on any atom is -0.317 e. The van der Waals surface area contributed by atoms with E-state index in [0.717, 1.165) is 26.2 Å². The van der Waals surface area contributed by atoms with Gasteiger partial charge in [0.15, 0.2) is 0 Å². The summed E-state index contributed by atoms with van der Waals surface area (Å²) in [5.74, 6) is 0. The zero-order valence-corrected chi connectivity index (χ0v) is 18.3. The summed E-state index contributed by atoms with van der Waals surface area (Å²) in [6.07, 6.45) is 20.0. The van der Waals surface area contributed by atoms with Crippen molar-refractivity contribution in [1.82, 2.24) is 10.6 Å². The van der Waals surface area contributed by atoms with Crippen molar-refractivity contribution >= 4 is 0 Å². The summed E-state index contributed by atoms with van der Waals surface area (Å²) >= 11 is 0. The van der Waals surface area contributed by atoms with Crippen molar-refractivity contribution < 1.29 is 31.1 Å². The predicted molar refractivity (Wildman–Crippen MR) is 91.4 cm³/mol. The summed E-state index contributed by atoms with van der Waals surface area (Å²) in [6, 6.07) is 0. The van der Waals surface area contributed by atoms with E-state index in [4.69, 9.17) is 0 Å². The number of hydrogen-bond acceptors (Lipinski definition) is 2. The third kappa shape index (κ3) is 33.7. The molecule has 2 aliphatic rings. The minimum absolute atomic E-state index is 0. The van der Waals surface area contributed by atoms with Crippen LogP contribution in [-0.4, -0.2) is 26.2 Å². The molecular weight excluding hydrogens is 482 g/mol. The molecule has 2 rings (SSSR count). The standard InChI is InChI=1S/2C5H5.2C4H11N.U/c2*1-2-4-5-3-1;2*1-3-5-4-2;/h2*1-5H;2*5H,3-4H2,1-2H3;. The Bertz CT molecular complexity index is 100.0. The van der Waals surface area contributed by atoms with Crippen molar-refractivity contribution in [3.8, 4) is 0 Å². The molecule has 0 aromatic carbocycles. The van der Waals surface area contributed by atoms with Crippen molar-refractivity contribution in [2.24, 2.45) is 0 Å². The normalized spacial score (nSPS) is 15.4. The molecule has 0 aromatic rings. The summed E-state index contributed by atoms with van der Waals surface area (Å²) in [6.45, 7) is 12.8. The monoisotopic (exact) mass is 514 g/mol. The molecular formula is C18H32N2U. The second-order valence-corrected chi connectivity index (χ2v) is 3.84. The first-order valence-corrected chi connectivity index (χ1v) is 7.58. The summed E-state index contributed by atoms with van der Waals surface area (Å²) < 4.78 is 0.